The first kappa shape index (κ1) is 21.7. The van der Waals surface area contributed by atoms with Crippen LogP contribution < -0.4 is 20.1 Å². The van der Waals surface area contributed by atoms with Crippen molar-refractivity contribution in [3.63, 3.8) is 0 Å². The Morgan fingerprint density at radius 2 is 1.82 bits per heavy atom. The monoisotopic (exact) mass is 405 g/mol. The molecule has 28 heavy (non-hydrogen) atoms. The second-order valence-electron chi connectivity index (χ2n) is 6.00. The Morgan fingerprint density at radius 3 is 2.43 bits per heavy atom. The molecule has 0 spiro atoms. The zero-order chi connectivity index (χ0) is 20.5. The minimum Gasteiger partial charge on any atom is -0.496 e. The van der Waals surface area contributed by atoms with Crippen molar-refractivity contribution >= 4 is 28.8 Å². The van der Waals surface area contributed by atoms with E-state index in [1.165, 1.54) is 18.4 Å². The maximum atomic E-state index is 12.5. The van der Waals surface area contributed by atoms with Gasteiger partial charge in [0.15, 0.2) is 0 Å². The van der Waals surface area contributed by atoms with E-state index in [2.05, 4.69) is 29.4 Å². The van der Waals surface area contributed by atoms with Gasteiger partial charge in [0.2, 0.25) is 0 Å². The molecular weight excluding hydrogens is 378 g/mol. The topological polar surface area (TPSA) is 79.9 Å². The number of benzene rings is 1. The van der Waals surface area contributed by atoms with E-state index >= 15 is 0 Å². The summed E-state index contributed by atoms with van der Waals surface area (Å²) in [4.78, 5) is 27.6. The van der Waals surface area contributed by atoms with Crippen LogP contribution in [0.2, 0.25) is 0 Å². The molecule has 2 rings (SSSR count). The number of anilines is 1. The second-order valence-corrected chi connectivity index (χ2v) is 6.91. The average molecular weight is 406 g/mol. The van der Waals surface area contributed by atoms with Crippen molar-refractivity contribution in [2.75, 3.05) is 45.7 Å². The van der Waals surface area contributed by atoms with Crippen LogP contribution in [0.4, 0.5) is 5.69 Å². The third kappa shape index (κ3) is 5.71. The van der Waals surface area contributed by atoms with E-state index in [0.717, 1.165) is 19.6 Å². The highest BCUT2D eigenvalue weighted by Crippen LogP contribution is 2.25. The molecule has 2 aromatic rings. The summed E-state index contributed by atoms with van der Waals surface area (Å²) in [6.07, 6.45) is 0. The van der Waals surface area contributed by atoms with Crippen molar-refractivity contribution in [1.29, 1.82) is 0 Å². The summed E-state index contributed by atoms with van der Waals surface area (Å²) in [5.74, 6) is 0.600. The Labute approximate surface area is 169 Å². The van der Waals surface area contributed by atoms with Crippen LogP contribution in [0.25, 0.3) is 0 Å². The summed E-state index contributed by atoms with van der Waals surface area (Å²) >= 11 is 1.30. The van der Waals surface area contributed by atoms with Crippen LogP contribution in [0.5, 0.6) is 11.5 Å². The molecule has 0 fully saturated rings. The maximum Gasteiger partial charge on any atom is 0.265 e. The molecule has 0 radical (unpaired) electrons. The van der Waals surface area contributed by atoms with E-state index in [0.29, 0.717) is 34.2 Å². The van der Waals surface area contributed by atoms with Gasteiger partial charge in [0.05, 0.1) is 24.7 Å². The first-order chi connectivity index (χ1) is 13.5. The number of nitrogens with one attached hydrogen (secondary N) is 2. The average Bonchev–Trinajstić information content (AvgIpc) is 3.20. The predicted octanol–water partition coefficient (Wildman–Crippen LogP) is 3.09. The molecule has 8 heteroatoms. The Bertz CT molecular complexity index is 802. The van der Waals surface area contributed by atoms with Gasteiger partial charge in [0.25, 0.3) is 11.8 Å². The Morgan fingerprint density at radius 1 is 1.07 bits per heavy atom. The third-order valence-electron chi connectivity index (χ3n) is 4.35. The van der Waals surface area contributed by atoms with Crippen molar-refractivity contribution in [3.8, 4) is 11.5 Å². The molecule has 1 aromatic carbocycles. The van der Waals surface area contributed by atoms with E-state index in [1.807, 2.05) is 0 Å². The van der Waals surface area contributed by atoms with Crippen LogP contribution in [0, 0.1) is 0 Å². The van der Waals surface area contributed by atoms with Crippen molar-refractivity contribution < 1.29 is 19.1 Å². The minimum absolute atomic E-state index is 0.204. The second kappa shape index (κ2) is 10.7. The molecular formula is C20H27N3O4S. The number of thiophene rings is 1. The number of carbonyl (C=O) groups is 2. The van der Waals surface area contributed by atoms with E-state index in [9.17, 15) is 9.59 Å². The molecule has 0 saturated carbocycles. The summed E-state index contributed by atoms with van der Waals surface area (Å²) in [5, 5.41) is 7.48. The van der Waals surface area contributed by atoms with Gasteiger partial charge in [-0.15, -0.1) is 11.3 Å². The molecule has 2 amide bonds. The number of nitrogens with zero attached hydrogens (tertiary/aromatic N) is 1. The fourth-order valence-corrected chi connectivity index (χ4v) is 3.41. The maximum absolute atomic E-state index is 12.5. The summed E-state index contributed by atoms with van der Waals surface area (Å²) in [6, 6.07) is 6.65. The molecule has 0 unspecified atom stereocenters. The van der Waals surface area contributed by atoms with Crippen molar-refractivity contribution in [2.45, 2.75) is 13.8 Å². The smallest absolute Gasteiger partial charge is 0.265 e. The van der Waals surface area contributed by atoms with Crippen molar-refractivity contribution in [2.24, 2.45) is 0 Å². The number of hydrogen-bond acceptors (Lipinski definition) is 6. The van der Waals surface area contributed by atoms with Crippen LogP contribution in [0.3, 0.4) is 0 Å². The molecule has 1 heterocycles. The predicted molar refractivity (Wildman–Crippen MR) is 112 cm³/mol. The number of amides is 2. The van der Waals surface area contributed by atoms with E-state index in [-0.39, 0.29) is 11.8 Å². The first-order valence-corrected chi connectivity index (χ1v) is 10.0. The standard InChI is InChI=1S/C20H27N3O4S/c1-5-23(6-2)10-9-21-19(24)16-8-7-14(11-17(16)27-4)22-20(25)18-12-15(26-3)13-28-18/h7-8,11-13H,5-6,9-10H2,1-4H3,(H,21,24)(H,22,25). The number of rotatable bonds is 10. The lowest BCUT2D eigenvalue weighted by molar-refractivity contribution is 0.0945. The van der Waals surface area contributed by atoms with Crippen LogP contribution in [-0.2, 0) is 0 Å². The zero-order valence-corrected chi connectivity index (χ0v) is 17.5. The highest BCUT2D eigenvalue weighted by atomic mass is 32.1. The summed E-state index contributed by atoms with van der Waals surface area (Å²) < 4.78 is 10.4. The van der Waals surface area contributed by atoms with Gasteiger partial charge in [-0.3, -0.25) is 9.59 Å². The zero-order valence-electron chi connectivity index (χ0n) is 16.7. The summed E-state index contributed by atoms with van der Waals surface area (Å²) in [7, 11) is 3.05. The number of likely N-dealkylation sites (N-methyl/N-ethyl adjacent to an activating group) is 1. The largest absolute Gasteiger partial charge is 0.496 e. The molecule has 0 aliphatic rings. The Kier molecular flexibility index (Phi) is 8.28. The fraction of sp³-hybridized carbons (Fsp3) is 0.400. The number of hydrogen-bond donors (Lipinski definition) is 2. The fourth-order valence-electron chi connectivity index (χ4n) is 2.66. The van der Waals surface area contributed by atoms with Gasteiger partial charge in [0.1, 0.15) is 11.5 Å². The highest BCUT2D eigenvalue weighted by molar-refractivity contribution is 7.12. The van der Waals surface area contributed by atoms with E-state index < -0.39 is 0 Å². The first-order valence-electron chi connectivity index (χ1n) is 9.14. The van der Waals surface area contributed by atoms with Gasteiger partial charge in [0, 0.05) is 36.3 Å². The molecule has 0 saturated heterocycles. The lowest BCUT2D eigenvalue weighted by Crippen LogP contribution is -2.34. The molecule has 2 N–H and O–H groups in total. The minimum atomic E-state index is -0.244. The molecule has 0 atom stereocenters. The lowest BCUT2D eigenvalue weighted by atomic mass is 10.1. The van der Waals surface area contributed by atoms with E-state index in [1.54, 1.807) is 36.8 Å². The van der Waals surface area contributed by atoms with Crippen molar-refractivity contribution in [1.82, 2.24) is 10.2 Å². The molecule has 7 nitrogen and oxygen atoms in total. The van der Waals surface area contributed by atoms with Gasteiger partial charge in [-0.05, 0) is 25.2 Å². The van der Waals surface area contributed by atoms with Gasteiger partial charge in [-0.25, -0.2) is 0 Å². The quantitative estimate of drug-likeness (QED) is 0.635. The normalized spacial score (nSPS) is 10.6. The summed E-state index contributed by atoms with van der Waals surface area (Å²) in [6.45, 7) is 7.42. The number of methoxy groups -OCH3 is 2. The molecule has 1 aromatic heterocycles. The third-order valence-corrected chi connectivity index (χ3v) is 5.25. The van der Waals surface area contributed by atoms with Gasteiger partial charge in [-0.2, -0.15) is 0 Å². The van der Waals surface area contributed by atoms with Crippen LogP contribution in [0.15, 0.2) is 29.6 Å². The highest BCUT2D eigenvalue weighted by Gasteiger charge is 2.15. The molecule has 152 valence electrons. The molecule has 0 bridgehead atoms. The van der Waals surface area contributed by atoms with Gasteiger partial charge < -0.3 is 25.0 Å². The van der Waals surface area contributed by atoms with Crippen LogP contribution in [0.1, 0.15) is 33.9 Å². The van der Waals surface area contributed by atoms with Gasteiger partial charge in [-0.1, -0.05) is 13.8 Å². The molecule has 0 aliphatic carbocycles. The SMILES string of the molecule is CCN(CC)CCNC(=O)c1ccc(NC(=O)c2cc(OC)cs2)cc1OC. The van der Waals surface area contributed by atoms with E-state index in [4.69, 9.17) is 9.47 Å². The number of ether oxygens (including phenoxy) is 2. The molecule has 0 aliphatic heterocycles. The van der Waals surface area contributed by atoms with Gasteiger partial charge >= 0.3 is 0 Å². The number of carbonyl (C=O) groups excluding carboxylic acids is 2. The Hall–Kier alpha value is -2.58. The Balaban J connectivity index is 2.02. The van der Waals surface area contributed by atoms with Crippen LogP contribution >= 0.6 is 11.3 Å². The van der Waals surface area contributed by atoms with Crippen molar-refractivity contribution in [3.05, 3.63) is 40.1 Å². The van der Waals surface area contributed by atoms with Crippen LogP contribution in [-0.4, -0.2) is 57.1 Å². The summed E-state index contributed by atoms with van der Waals surface area (Å²) in [5.41, 5.74) is 0.978. The lowest BCUT2D eigenvalue weighted by Gasteiger charge is -2.18.